The summed E-state index contributed by atoms with van der Waals surface area (Å²) in [6, 6.07) is 10.5. The summed E-state index contributed by atoms with van der Waals surface area (Å²) in [4.78, 5) is 12.8. The first-order chi connectivity index (χ1) is 14.4. The monoisotopic (exact) mass is 469 g/mol. The molecule has 2 N–H and O–H groups in total. The number of sulfonamides is 2. The van der Waals surface area contributed by atoms with Crippen LogP contribution in [0.4, 0.5) is 5.69 Å². The Morgan fingerprint density at radius 2 is 1.58 bits per heavy atom. The van der Waals surface area contributed by atoms with E-state index in [-0.39, 0.29) is 21.4 Å². The number of anilines is 1. The molecule has 0 aliphatic rings. The van der Waals surface area contributed by atoms with Crippen molar-refractivity contribution in [2.75, 3.05) is 26.5 Å². The quantitative estimate of drug-likeness (QED) is 0.578. The number of carbonyl (C=O) groups is 1. The number of methoxy groups -OCH3 is 1. The van der Waals surface area contributed by atoms with Gasteiger partial charge in [-0.25, -0.2) is 21.1 Å². The largest absolute Gasteiger partial charge is 0.497 e. The highest BCUT2D eigenvalue weighted by Gasteiger charge is 2.29. The number of benzene rings is 2. The molecular formula is C20H27N3O6S2. The van der Waals surface area contributed by atoms with Gasteiger partial charge in [-0.1, -0.05) is 19.9 Å². The molecule has 0 saturated carbocycles. The summed E-state index contributed by atoms with van der Waals surface area (Å²) in [6.07, 6.45) is 0. The van der Waals surface area contributed by atoms with Crippen molar-refractivity contribution in [1.29, 1.82) is 0 Å². The predicted molar refractivity (Wildman–Crippen MR) is 118 cm³/mol. The number of ether oxygens (including phenoxy) is 1. The molecule has 2 aromatic carbocycles. The van der Waals surface area contributed by atoms with Gasteiger partial charge in [0.15, 0.2) is 0 Å². The fraction of sp³-hybridized carbons (Fsp3) is 0.350. The molecule has 0 spiro atoms. The Kier molecular flexibility index (Phi) is 7.82. The van der Waals surface area contributed by atoms with Gasteiger partial charge in [0, 0.05) is 19.8 Å². The van der Waals surface area contributed by atoms with Gasteiger partial charge in [-0.3, -0.25) is 4.79 Å². The van der Waals surface area contributed by atoms with Crippen molar-refractivity contribution in [3.8, 4) is 5.75 Å². The zero-order chi connectivity index (χ0) is 23.4. The highest BCUT2D eigenvalue weighted by Crippen LogP contribution is 2.20. The zero-order valence-electron chi connectivity index (χ0n) is 18.0. The van der Waals surface area contributed by atoms with Crippen molar-refractivity contribution in [3.63, 3.8) is 0 Å². The van der Waals surface area contributed by atoms with Gasteiger partial charge in [0.05, 0.1) is 16.9 Å². The van der Waals surface area contributed by atoms with Crippen molar-refractivity contribution in [3.05, 3.63) is 48.5 Å². The van der Waals surface area contributed by atoms with Gasteiger partial charge in [-0.05, 0) is 48.4 Å². The first-order valence-corrected chi connectivity index (χ1v) is 12.3. The summed E-state index contributed by atoms with van der Waals surface area (Å²) in [5.74, 6) is -0.474. The molecule has 0 radical (unpaired) electrons. The van der Waals surface area contributed by atoms with Gasteiger partial charge >= 0.3 is 0 Å². The number of hydrogen-bond donors (Lipinski definition) is 2. The first kappa shape index (κ1) is 24.8. The Morgan fingerprint density at radius 1 is 0.968 bits per heavy atom. The van der Waals surface area contributed by atoms with Crippen molar-refractivity contribution in [1.82, 2.24) is 9.03 Å². The maximum Gasteiger partial charge on any atom is 0.242 e. The van der Waals surface area contributed by atoms with Crippen molar-refractivity contribution in [2.24, 2.45) is 5.92 Å². The second-order valence-corrected chi connectivity index (χ2v) is 11.2. The van der Waals surface area contributed by atoms with Crippen LogP contribution in [0.3, 0.4) is 0 Å². The Morgan fingerprint density at radius 3 is 2.10 bits per heavy atom. The van der Waals surface area contributed by atoms with Crippen LogP contribution in [0, 0.1) is 5.92 Å². The van der Waals surface area contributed by atoms with E-state index in [1.54, 1.807) is 13.8 Å². The van der Waals surface area contributed by atoms with Crippen LogP contribution in [-0.2, 0) is 24.8 Å². The van der Waals surface area contributed by atoms with E-state index in [9.17, 15) is 21.6 Å². The molecule has 0 aliphatic carbocycles. The van der Waals surface area contributed by atoms with Crippen molar-refractivity contribution in [2.45, 2.75) is 29.7 Å². The van der Waals surface area contributed by atoms with Crippen LogP contribution >= 0.6 is 0 Å². The van der Waals surface area contributed by atoms with E-state index < -0.39 is 32.0 Å². The number of amides is 1. The normalized spacial score (nSPS) is 13.3. The van der Waals surface area contributed by atoms with E-state index in [4.69, 9.17) is 4.74 Å². The Hall–Kier alpha value is -2.47. The number of rotatable bonds is 9. The summed E-state index contributed by atoms with van der Waals surface area (Å²) in [6.45, 7) is 3.40. The lowest BCUT2D eigenvalue weighted by atomic mass is 10.0. The lowest BCUT2D eigenvalue weighted by molar-refractivity contribution is -0.118. The van der Waals surface area contributed by atoms with Crippen molar-refractivity contribution < 1.29 is 26.4 Å². The van der Waals surface area contributed by atoms with Crippen LogP contribution in [0.25, 0.3) is 0 Å². The summed E-state index contributed by atoms with van der Waals surface area (Å²) in [5, 5.41) is 2.60. The Labute approximate surface area is 183 Å². The summed E-state index contributed by atoms with van der Waals surface area (Å²) in [7, 11) is -3.38. The molecule has 2 aromatic rings. The fourth-order valence-electron chi connectivity index (χ4n) is 2.65. The average Bonchev–Trinajstić information content (AvgIpc) is 2.71. The molecule has 0 bridgehead atoms. The van der Waals surface area contributed by atoms with E-state index in [0.29, 0.717) is 5.75 Å². The van der Waals surface area contributed by atoms with Gasteiger partial charge in [0.1, 0.15) is 11.8 Å². The molecule has 0 aliphatic heterocycles. The van der Waals surface area contributed by atoms with E-state index >= 15 is 0 Å². The smallest absolute Gasteiger partial charge is 0.242 e. The number of carbonyl (C=O) groups excluding carboxylic acids is 1. The zero-order valence-corrected chi connectivity index (χ0v) is 19.6. The van der Waals surface area contributed by atoms with Crippen LogP contribution in [0.1, 0.15) is 13.8 Å². The molecule has 11 heteroatoms. The average molecular weight is 470 g/mol. The molecule has 1 atom stereocenters. The minimum absolute atomic E-state index is 0.00850. The number of nitrogens with one attached hydrogen (secondary N) is 2. The molecule has 170 valence electrons. The van der Waals surface area contributed by atoms with E-state index in [1.807, 2.05) is 0 Å². The van der Waals surface area contributed by atoms with Crippen LogP contribution in [0.5, 0.6) is 5.75 Å². The minimum atomic E-state index is -3.98. The van der Waals surface area contributed by atoms with Gasteiger partial charge < -0.3 is 10.1 Å². The topological polar surface area (TPSA) is 122 Å². The van der Waals surface area contributed by atoms with E-state index in [0.717, 1.165) is 4.31 Å². The first-order valence-electron chi connectivity index (χ1n) is 9.38. The maximum atomic E-state index is 12.8. The third-order valence-electron chi connectivity index (χ3n) is 4.48. The predicted octanol–water partition coefficient (Wildman–Crippen LogP) is 1.89. The molecule has 9 nitrogen and oxygen atoms in total. The molecule has 0 fully saturated rings. The van der Waals surface area contributed by atoms with E-state index in [1.165, 1.54) is 69.7 Å². The summed E-state index contributed by atoms with van der Waals surface area (Å²) >= 11 is 0. The minimum Gasteiger partial charge on any atom is -0.497 e. The van der Waals surface area contributed by atoms with Crippen LogP contribution < -0.4 is 14.8 Å². The number of hydrogen-bond acceptors (Lipinski definition) is 6. The van der Waals surface area contributed by atoms with E-state index in [2.05, 4.69) is 10.0 Å². The highest BCUT2D eigenvalue weighted by atomic mass is 32.2. The third-order valence-corrected chi connectivity index (χ3v) is 7.75. The molecule has 0 aromatic heterocycles. The van der Waals surface area contributed by atoms with Crippen LogP contribution in [0.15, 0.2) is 58.3 Å². The van der Waals surface area contributed by atoms with Gasteiger partial charge in [-0.15, -0.1) is 0 Å². The fourth-order valence-corrected chi connectivity index (χ4v) is 4.94. The molecule has 2 rings (SSSR count). The summed E-state index contributed by atoms with van der Waals surface area (Å²) in [5.41, 5.74) is 0.238. The Balaban J connectivity index is 2.25. The molecule has 0 saturated heterocycles. The Bertz CT molecular complexity index is 1130. The lowest BCUT2D eigenvalue weighted by Gasteiger charge is -2.22. The molecular weight excluding hydrogens is 442 g/mol. The molecule has 31 heavy (non-hydrogen) atoms. The molecule has 1 amide bonds. The second-order valence-electron chi connectivity index (χ2n) is 7.32. The standard InChI is InChI=1S/C20H27N3O6S2/c1-14(2)19(22-30(25,26)17-11-9-16(29-5)10-12-17)20(24)21-15-7-6-8-18(13-15)31(27,28)23(3)4/h6-14,19,22H,1-5H3,(H,21,24)/t19-/m0/s1. The second kappa shape index (κ2) is 9.77. The highest BCUT2D eigenvalue weighted by molar-refractivity contribution is 7.89. The van der Waals surface area contributed by atoms with Crippen molar-refractivity contribution >= 4 is 31.6 Å². The van der Waals surface area contributed by atoms with Gasteiger partial charge in [0.25, 0.3) is 0 Å². The maximum absolute atomic E-state index is 12.8. The number of nitrogens with zero attached hydrogens (tertiary/aromatic N) is 1. The SMILES string of the molecule is COc1ccc(S(=O)(=O)N[C@H](C(=O)Nc2cccc(S(=O)(=O)N(C)C)c2)C(C)C)cc1. The van der Waals surface area contributed by atoms with Gasteiger partial charge in [-0.2, -0.15) is 4.72 Å². The van der Waals surface area contributed by atoms with Crippen LogP contribution in [0.2, 0.25) is 0 Å². The molecule has 0 heterocycles. The lowest BCUT2D eigenvalue weighted by Crippen LogP contribution is -2.47. The van der Waals surface area contributed by atoms with Crippen LogP contribution in [-0.4, -0.2) is 54.3 Å². The summed E-state index contributed by atoms with van der Waals surface area (Å²) < 4.78 is 58.6. The molecule has 0 unspecified atom stereocenters. The third kappa shape index (κ3) is 6.03. The van der Waals surface area contributed by atoms with Gasteiger partial charge in [0.2, 0.25) is 26.0 Å².